The van der Waals surface area contributed by atoms with Crippen LogP contribution in [0.3, 0.4) is 0 Å². The highest BCUT2D eigenvalue weighted by Gasteiger charge is 2.12. The molecule has 0 atom stereocenters. The summed E-state index contributed by atoms with van der Waals surface area (Å²) in [5.74, 6) is -0.635. The maximum Gasteiger partial charge on any atom is 0.302 e. The Balaban J connectivity index is 1.59. The number of hydrogen-bond acceptors (Lipinski definition) is 8. The van der Waals surface area contributed by atoms with Gasteiger partial charge in [0.25, 0.3) is 5.56 Å². The van der Waals surface area contributed by atoms with Gasteiger partial charge in [-0.3, -0.25) is 15.1 Å². The Morgan fingerprint density at radius 1 is 1.07 bits per heavy atom. The van der Waals surface area contributed by atoms with Crippen molar-refractivity contribution in [1.82, 2.24) is 15.0 Å². The summed E-state index contributed by atoms with van der Waals surface area (Å²) in [6, 6.07) is 13.8. The molecule has 2 aromatic heterocycles. The van der Waals surface area contributed by atoms with Crippen molar-refractivity contribution in [3.63, 3.8) is 0 Å². The molecule has 10 heteroatoms. The van der Waals surface area contributed by atoms with Crippen molar-refractivity contribution in [2.75, 3.05) is 5.32 Å². The van der Waals surface area contributed by atoms with Gasteiger partial charge in [-0.1, -0.05) is 23.7 Å². The van der Waals surface area contributed by atoms with Crippen molar-refractivity contribution in [2.45, 2.75) is 0 Å². The molecule has 0 aliphatic rings. The van der Waals surface area contributed by atoms with Crippen LogP contribution in [-0.2, 0) is 0 Å². The molecule has 0 saturated heterocycles. The molecule has 0 bridgehead atoms. The van der Waals surface area contributed by atoms with Crippen LogP contribution in [0.2, 0.25) is 5.02 Å². The Morgan fingerprint density at radius 3 is 2.59 bits per heavy atom. The predicted molar refractivity (Wildman–Crippen MR) is 99.4 cm³/mol. The van der Waals surface area contributed by atoms with Gasteiger partial charge >= 0.3 is 6.01 Å². The number of para-hydroxylation sites is 2. The fourth-order valence-corrected chi connectivity index (χ4v) is 2.37. The summed E-state index contributed by atoms with van der Waals surface area (Å²) < 4.78 is 5.48. The molecule has 0 saturated carbocycles. The fraction of sp³-hybridized carbons (Fsp3) is 0. The van der Waals surface area contributed by atoms with E-state index in [1.54, 1.807) is 36.4 Å². The number of rotatable bonds is 4. The van der Waals surface area contributed by atoms with Gasteiger partial charge in [-0.2, -0.15) is 15.1 Å². The van der Waals surface area contributed by atoms with Crippen molar-refractivity contribution >= 4 is 46.0 Å². The summed E-state index contributed by atoms with van der Waals surface area (Å²) in [6.45, 7) is 0. The first kappa shape index (κ1) is 16.7. The Morgan fingerprint density at radius 2 is 1.85 bits per heavy atom. The van der Waals surface area contributed by atoms with Crippen molar-refractivity contribution in [1.29, 1.82) is 0 Å². The molecule has 0 fully saturated rings. The predicted octanol–water partition coefficient (Wildman–Crippen LogP) is 4.43. The SMILES string of the molecule is O=c1[nH]c(Nc2nc3ccccc3o2)nc(O)c1N=Nc1ccc(Cl)cc1. The van der Waals surface area contributed by atoms with Crippen molar-refractivity contribution in [3.05, 3.63) is 63.9 Å². The zero-order valence-electron chi connectivity index (χ0n) is 13.5. The molecule has 3 N–H and O–H groups in total. The second-order valence-corrected chi connectivity index (χ2v) is 5.81. The maximum atomic E-state index is 12.2. The molecule has 0 aliphatic carbocycles. The summed E-state index contributed by atoms with van der Waals surface area (Å²) in [6.07, 6.45) is 0. The molecule has 0 amide bonds. The van der Waals surface area contributed by atoms with E-state index < -0.39 is 11.4 Å². The minimum Gasteiger partial charge on any atom is -0.491 e. The van der Waals surface area contributed by atoms with E-state index in [1.807, 2.05) is 12.1 Å². The summed E-state index contributed by atoms with van der Waals surface area (Å²) in [5.41, 5.74) is 0.665. The summed E-state index contributed by atoms with van der Waals surface area (Å²) in [4.78, 5) is 22.7. The van der Waals surface area contributed by atoms with E-state index in [2.05, 4.69) is 30.5 Å². The van der Waals surface area contributed by atoms with E-state index in [0.29, 0.717) is 21.8 Å². The first-order chi connectivity index (χ1) is 13.1. The van der Waals surface area contributed by atoms with Gasteiger partial charge in [-0.15, -0.1) is 5.11 Å². The third kappa shape index (κ3) is 3.62. The topological polar surface area (TPSA) is 129 Å². The number of aromatic hydroxyl groups is 1. The molecule has 134 valence electrons. The highest BCUT2D eigenvalue weighted by molar-refractivity contribution is 6.30. The number of anilines is 2. The van der Waals surface area contributed by atoms with Crippen molar-refractivity contribution < 1.29 is 9.52 Å². The highest BCUT2D eigenvalue weighted by Crippen LogP contribution is 2.25. The molecule has 2 heterocycles. The lowest BCUT2D eigenvalue weighted by Gasteiger charge is -2.02. The first-order valence-electron chi connectivity index (χ1n) is 7.72. The lowest BCUT2D eigenvalue weighted by Crippen LogP contribution is -2.10. The second kappa shape index (κ2) is 6.89. The Bertz CT molecular complexity index is 1170. The number of oxazole rings is 1. The third-order valence-corrected chi connectivity index (χ3v) is 3.74. The van der Waals surface area contributed by atoms with Gasteiger partial charge in [0.15, 0.2) is 5.58 Å². The molecule has 0 radical (unpaired) electrons. The molecule has 0 spiro atoms. The average molecular weight is 383 g/mol. The van der Waals surface area contributed by atoms with Crippen LogP contribution in [0, 0.1) is 0 Å². The van der Waals surface area contributed by atoms with E-state index in [0.717, 1.165) is 0 Å². The molecular weight excluding hydrogens is 372 g/mol. The minimum absolute atomic E-state index is 0.0468. The van der Waals surface area contributed by atoms with Gasteiger partial charge in [-0.05, 0) is 36.4 Å². The number of aromatic amines is 1. The number of aromatic nitrogens is 3. The Hall–Kier alpha value is -3.72. The molecule has 0 aliphatic heterocycles. The van der Waals surface area contributed by atoms with Gasteiger partial charge in [0, 0.05) is 5.02 Å². The van der Waals surface area contributed by atoms with E-state index in [9.17, 15) is 9.90 Å². The van der Waals surface area contributed by atoms with Crippen LogP contribution in [0.15, 0.2) is 68.0 Å². The number of halogens is 1. The summed E-state index contributed by atoms with van der Waals surface area (Å²) >= 11 is 5.79. The zero-order chi connectivity index (χ0) is 18.8. The maximum absolute atomic E-state index is 12.2. The lowest BCUT2D eigenvalue weighted by molar-refractivity contribution is 0.453. The number of H-pyrrole nitrogens is 1. The van der Waals surface area contributed by atoms with Gasteiger partial charge in [-0.25, -0.2) is 0 Å². The molecule has 4 rings (SSSR count). The van der Waals surface area contributed by atoms with Crippen LogP contribution >= 0.6 is 11.6 Å². The van der Waals surface area contributed by atoms with Crippen LogP contribution in [0.1, 0.15) is 0 Å². The van der Waals surface area contributed by atoms with Gasteiger partial charge in [0.05, 0.1) is 5.69 Å². The minimum atomic E-state index is -0.682. The lowest BCUT2D eigenvalue weighted by atomic mass is 10.3. The monoisotopic (exact) mass is 382 g/mol. The Labute approximate surface area is 156 Å². The van der Waals surface area contributed by atoms with Gasteiger partial charge < -0.3 is 9.52 Å². The van der Waals surface area contributed by atoms with Crippen LogP contribution in [0.5, 0.6) is 5.88 Å². The number of azo groups is 1. The molecule has 27 heavy (non-hydrogen) atoms. The number of nitrogens with one attached hydrogen (secondary N) is 2. The molecular formula is C17H11ClN6O3. The first-order valence-corrected chi connectivity index (χ1v) is 8.09. The summed E-state index contributed by atoms with van der Waals surface area (Å²) in [7, 11) is 0. The van der Waals surface area contributed by atoms with Crippen molar-refractivity contribution in [3.8, 4) is 5.88 Å². The second-order valence-electron chi connectivity index (χ2n) is 5.37. The standard InChI is InChI=1S/C17H11ClN6O3/c18-9-5-7-10(8-6-9)23-24-13-14(25)20-16(21-15(13)26)22-17-19-11-3-1-2-4-12(11)27-17/h1-8H,(H3,19,20,21,22,25,26). The van der Waals surface area contributed by atoms with Gasteiger partial charge in [0.2, 0.25) is 17.5 Å². The van der Waals surface area contributed by atoms with E-state index >= 15 is 0 Å². The van der Waals surface area contributed by atoms with Crippen molar-refractivity contribution in [2.24, 2.45) is 10.2 Å². The van der Waals surface area contributed by atoms with Gasteiger partial charge in [0.1, 0.15) is 5.52 Å². The quantitative estimate of drug-likeness (QED) is 0.448. The smallest absolute Gasteiger partial charge is 0.302 e. The largest absolute Gasteiger partial charge is 0.491 e. The number of benzene rings is 2. The normalized spacial score (nSPS) is 11.3. The molecule has 9 nitrogen and oxygen atoms in total. The number of hydrogen-bond donors (Lipinski definition) is 3. The van der Waals surface area contributed by atoms with E-state index in [4.69, 9.17) is 16.0 Å². The average Bonchev–Trinajstić information content (AvgIpc) is 3.04. The van der Waals surface area contributed by atoms with Crippen LogP contribution in [0.25, 0.3) is 11.1 Å². The van der Waals surface area contributed by atoms with Crippen LogP contribution in [0.4, 0.5) is 23.3 Å². The zero-order valence-corrected chi connectivity index (χ0v) is 14.3. The van der Waals surface area contributed by atoms with Crippen LogP contribution in [-0.4, -0.2) is 20.1 Å². The molecule has 0 unspecified atom stereocenters. The molecule has 2 aromatic carbocycles. The molecule has 4 aromatic rings. The number of fused-ring (bicyclic) bond motifs is 1. The highest BCUT2D eigenvalue weighted by atomic mass is 35.5. The Kier molecular flexibility index (Phi) is 4.27. The van der Waals surface area contributed by atoms with E-state index in [1.165, 1.54) is 0 Å². The third-order valence-electron chi connectivity index (χ3n) is 3.49. The van der Waals surface area contributed by atoms with E-state index in [-0.39, 0.29) is 17.7 Å². The summed E-state index contributed by atoms with van der Waals surface area (Å²) in [5, 5.41) is 20.9. The fourth-order valence-electron chi connectivity index (χ4n) is 2.25. The van der Waals surface area contributed by atoms with Crippen LogP contribution < -0.4 is 10.9 Å². The number of nitrogens with zero attached hydrogens (tertiary/aromatic N) is 4.